The maximum absolute atomic E-state index is 12.4. The van der Waals surface area contributed by atoms with Gasteiger partial charge in [-0.2, -0.15) is 4.72 Å². The Hall–Kier alpha value is -2.00. The zero-order valence-corrected chi connectivity index (χ0v) is 17.2. The van der Waals surface area contributed by atoms with E-state index in [-0.39, 0.29) is 17.0 Å². The molecular formula is C18H29N3O5S. The van der Waals surface area contributed by atoms with Crippen LogP contribution in [0.4, 0.5) is 4.79 Å². The molecule has 0 saturated heterocycles. The number of nitrogens with one attached hydrogen (secondary N) is 1. The van der Waals surface area contributed by atoms with Crippen molar-refractivity contribution in [3.05, 3.63) is 24.4 Å². The van der Waals surface area contributed by atoms with E-state index >= 15 is 0 Å². The molecule has 1 aromatic heterocycles. The summed E-state index contributed by atoms with van der Waals surface area (Å²) in [5.74, 6) is -0.770. The third kappa shape index (κ3) is 7.64. The summed E-state index contributed by atoms with van der Waals surface area (Å²) >= 11 is 0. The first kappa shape index (κ1) is 23.0. The highest BCUT2D eigenvalue weighted by molar-refractivity contribution is 7.89. The summed E-state index contributed by atoms with van der Waals surface area (Å²) < 4.78 is 31.0. The van der Waals surface area contributed by atoms with Gasteiger partial charge < -0.3 is 9.64 Å². The molecule has 0 bridgehead atoms. The van der Waals surface area contributed by atoms with Crippen LogP contribution in [0, 0.1) is 5.92 Å². The fraction of sp³-hybridized carbons (Fsp3) is 0.611. The van der Waals surface area contributed by atoms with Crippen LogP contribution in [0.2, 0.25) is 0 Å². The predicted octanol–water partition coefficient (Wildman–Crippen LogP) is 2.56. The fourth-order valence-electron chi connectivity index (χ4n) is 2.28. The first-order chi connectivity index (χ1) is 12.7. The third-order valence-corrected chi connectivity index (χ3v) is 5.53. The number of carbonyl (C=O) groups is 2. The van der Waals surface area contributed by atoms with Crippen LogP contribution in [0.1, 0.15) is 47.0 Å². The Labute approximate surface area is 161 Å². The summed E-state index contributed by atoms with van der Waals surface area (Å²) in [4.78, 5) is 29.6. The SMILES string of the molecule is CCCCCN(C(=O)OC(=O)CNS(=O)(=O)c1ccccn1)C(C)C(C)C. The Bertz CT molecular complexity index is 707. The Morgan fingerprint density at radius 1 is 1.22 bits per heavy atom. The molecule has 9 heteroatoms. The van der Waals surface area contributed by atoms with Crippen molar-refractivity contribution in [1.82, 2.24) is 14.6 Å². The van der Waals surface area contributed by atoms with Crippen molar-refractivity contribution < 1.29 is 22.7 Å². The van der Waals surface area contributed by atoms with Gasteiger partial charge in [-0.1, -0.05) is 39.7 Å². The second-order valence-corrected chi connectivity index (χ2v) is 8.33. The molecule has 1 amide bonds. The smallest absolute Gasteiger partial charge is 0.375 e. The van der Waals surface area contributed by atoms with Gasteiger partial charge in [-0.05, 0) is 31.4 Å². The zero-order valence-electron chi connectivity index (χ0n) is 16.3. The van der Waals surface area contributed by atoms with Crippen molar-refractivity contribution >= 4 is 22.1 Å². The van der Waals surface area contributed by atoms with E-state index in [0.29, 0.717) is 6.54 Å². The number of esters is 1. The van der Waals surface area contributed by atoms with Gasteiger partial charge in [-0.3, -0.25) is 4.79 Å². The van der Waals surface area contributed by atoms with Crippen LogP contribution in [-0.4, -0.2) is 49.5 Å². The molecule has 8 nitrogen and oxygen atoms in total. The number of amides is 1. The summed E-state index contributed by atoms with van der Waals surface area (Å²) in [5.41, 5.74) is 0. The number of hydrogen-bond acceptors (Lipinski definition) is 6. The number of ether oxygens (including phenoxy) is 1. The van der Waals surface area contributed by atoms with Gasteiger partial charge in [0.25, 0.3) is 10.0 Å². The fourth-order valence-corrected chi connectivity index (χ4v) is 3.19. The second kappa shape index (κ2) is 11.0. The minimum atomic E-state index is -3.95. The minimum absolute atomic E-state index is 0.104. The average Bonchev–Trinajstić information content (AvgIpc) is 2.63. The Kier molecular flexibility index (Phi) is 9.37. The molecule has 0 aliphatic heterocycles. The molecule has 1 N–H and O–H groups in total. The van der Waals surface area contributed by atoms with Gasteiger partial charge in [0, 0.05) is 18.8 Å². The van der Waals surface area contributed by atoms with E-state index in [1.54, 1.807) is 6.07 Å². The number of aromatic nitrogens is 1. The van der Waals surface area contributed by atoms with Crippen molar-refractivity contribution in [2.45, 2.75) is 58.0 Å². The monoisotopic (exact) mass is 399 g/mol. The van der Waals surface area contributed by atoms with E-state index in [1.807, 2.05) is 20.8 Å². The summed E-state index contributed by atoms with van der Waals surface area (Å²) in [6, 6.07) is 4.30. The molecule has 0 aliphatic rings. The van der Waals surface area contributed by atoms with E-state index in [2.05, 4.69) is 16.6 Å². The van der Waals surface area contributed by atoms with Gasteiger partial charge in [0.05, 0.1) is 0 Å². The lowest BCUT2D eigenvalue weighted by Crippen LogP contribution is -2.44. The molecule has 0 radical (unpaired) electrons. The van der Waals surface area contributed by atoms with Gasteiger partial charge in [-0.15, -0.1) is 0 Å². The van der Waals surface area contributed by atoms with Crippen LogP contribution in [-0.2, 0) is 19.6 Å². The predicted molar refractivity (Wildman–Crippen MR) is 101 cm³/mol. The maximum atomic E-state index is 12.4. The molecule has 0 fully saturated rings. The van der Waals surface area contributed by atoms with Crippen molar-refractivity contribution in [3.8, 4) is 0 Å². The molecular weight excluding hydrogens is 370 g/mol. The minimum Gasteiger partial charge on any atom is -0.375 e. The number of unbranched alkanes of at least 4 members (excludes halogenated alkanes) is 2. The number of nitrogens with zero attached hydrogens (tertiary/aromatic N) is 2. The van der Waals surface area contributed by atoms with Crippen molar-refractivity contribution in [1.29, 1.82) is 0 Å². The third-order valence-electron chi connectivity index (χ3n) is 4.21. The molecule has 1 atom stereocenters. The normalized spacial score (nSPS) is 12.6. The van der Waals surface area contributed by atoms with E-state index in [4.69, 9.17) is 4.74 Å². The molecule has 0 spiro atoms. The molecule has 1 rings (SSSR count). The van der Waals surface area contributed by atoms with Crippen LogP contribution < -0.4 is 4.72 Å². The van der Waals surface area contributed by atoms with Crippen molar-refractivity contribution in [3.63, 3.8) is 0 Å². The average molecular weight is 400 g/mol. The Morgan fingerprint density at radius 2 is 1.93 bits per heavy atom. The highest BCUT2D eigenvalue weighted by Gasteiger charge is 2.26. The summed E-state index contributed by atoms with van der Waals surface area (Å²) in [5, 5.41) is -0.209. The summed E-state index contributed by atoms with van der Waals surface area (Å²) in [6.45, 7) is 7.75. The van der Waals surface area contributed by atoms with Gasteiger partial charge in [-0.25, -0.2) is 18.2 Å². The largest absolute Gasteiger partial charge is 0.417 e. The first-order valence-electron chi connectivity index (χ1n) is 9.11. The van der Waals surface area contributed by atoms with Gasteiger partial charge in [0.1, 0.15) is 6.54 Å². The molecule has 0 saturated carbocycles. The quantitative estimate of drug-likeness (QED) is 0.368. The summed E-state index contributed by atoms with van der Waals surface area (Å²) in [7, 11) is -3.95. The standard InChI is InChI=1S/C18H29N3O5S/c1-5-6-9-12-21(15(4)14(2)3)18(23)26-17(22)13-20-27(24,25)16-10-7-8-11-19-16/h7-8,10-11,14-15,20H,5-6,9,12-13H2,1-4H3. The second-order valence-electron chi connectivity index (χ2n) is 6.62. The Balaban J connectivity index is 2.65. The molecule has 0 aromatic carbocycles. The van der Waals surface area contributed by atoms with Gasteiger partial charge >= 0.3 is 12.1 Å². The number of sulfonamides is 1. The lowest BCUT2D eigenvalue weighted by atomic mass is 10.0. The van der Waals surface area contributed by atoms with Crippen LogP contribution >= 0.6 is 0 Å². The molecule has 1 heterocycles. The van der Waals surface area contributed by atoms with E-state index in [0.717, 1.165) is 19.3 Å². The van der Waals surface area contributed by atoms with Crippen molar-refractivity contribution in [2.24, 2.45) is 5.92 Å². The topological polar surface area (TPSA) is 106 Å². The van der Waals surface area contributed by atoms with Crippen LogP contribution in [0.15, 0.2) is 29.4 Å². The Morgan fingerprint density at radius 3 is 2.48 bits per heavy atom. The van der Waals surface area contributed by atoms with Gasteiger partial charge in [0.15, 0.2) is 5.03 Å². The molecule has 1 aromatic rings. The molecule has 0 aliphatic carbocycles. The van der Waals surface area contributed by atoms with Crippen molar-refractivity contribution in [2.75, 3.05) is 13.1 Å². The van der Waals surface area contributed by atoms with Gasteiger partial charge in [0.2, 0.25) is 0 Å². The van der Waals surface area contributed by atoms with E-state index in [1.165, 1.54) is 23.2 Å². The summed E-state index contributed by atoms with van der Waals surface area (Å²) in [6.07, 6.45) is 3.36. The van der Waals surface area contributed by atoms with Crippen LogP contribution in [0.3, 0.4) is 0 Å². The maximum Gasteiger partial charge on any atom is 0.417 e. The lowest BCUT2D eigenvalue weighted by Gasteiger charge is -2.30. The number of rotatable bonds is 10. The van der Waals surface area contributed by atoms with Crippen LogP contribution in [0.25, 0.3) is 0 Å². The lowest BCUT2D eigenvalue weighted by molar-refractivity contribution is -0.137. The highest BCUT2D eigenvalue weighted by Crippen LogP contribution is 2.13. The molecule has 152 valence electrons. The zero-order chi connectivity index (χ0) is 20.4. The number of carbonyl (C=O) groups excluding carboxylic acids is 2. The number of pyridine rings is 1. The number of hydrogen-bond donors (Lipinski definition) is 1. The first-order valence-corrected chi connectivity index (χ1v) is 10.6. The van der Waals surface area contributed by atoms with Crippen LogP contribution in [0.5, 0.6) is 0 Å². The molecule has 1 unspecified atom stereocenters. The van der Waals surface area contributed by atoms with E-state index in [9.17, 15) is 18.0 Å². The molecule has 27 heavy (non-hydrogen) atoms. The highest BCUT2D eigenvalue weighted by atomic mass is 32.2. The van der Waals surface area contributed by atoms with E-state index < -0.39 is 28.6 Å².